The molecule has 8 heteroatoms. The van der Waals surface area contributed by atoms with Crippen molar-refractivity contribution in [1.82, 2.24) is 4.98 Å². The number of aryl methyl sites for hydroxylation is 1. The third kappa shape index (κ3) is 3.13. The topological polar surface area (TPSA) is 128 Å². The number of hydrogen-bond acceptors (Lipinski definition) is 6. The van der Waals surface area contributed by atoms with E-state index in [4.69, 9.17) is 14.8 Å². The van der Waals surface area contributed by atoms with Crippen LogP contribution in [0.4, 0.5) is 0 Å². The molecule has 0 aromatic carbocycles. The molecule has 0 saturated carbocycles. The van der Waals surface area contributed by atoms with Crippen LogP contribution in [-0.4, -0.2) is 33.3 Å². The Kier molecular flexibility index (Phi) is 4.04. The van der Waals surface area contributed by atoms with Crippen LogP contribution in [0.3, 0.4) is 0 Å². The Morgan fingerprint density at radius 2 is 1.71 bits per heavy atom. The Morgan fingerprint density at radius 3 is 2.12 bits per heavy atom. The van der Waals surface area contributed by atoms with Crippen molar-refractivity contribution in [2.75, 3.05) is 0 Å². The minimum absolute atomic E-state index is 0.00762. The van der Waals surface area contributed by atoms with E-state index in [0.29, 0.717) is 0 Å². The van der Waals surface area contributed by atoms with Gasteiger partial charge >= 0.3 is 0 Å². The molecule has 4 N–H and O–H groups in total. The van der Waals surface area contributed by atoms with Crippen LogP contribution in [0, 0.1) is 6.92 Å². The lowest BCUT2D eigenvalue weighted by molar-refractivity contribution is 0.253. The van der Waals surface area contributed by atoms with E-state index >= 15 is 0 Å². The second kappa shape index (κ2) is 4.96. The first-order valence-corrected chi connectivity index (χ1v) is 6.28. The Bertz CT molecular complexity index is 525. The largest absolute Gasteiger partial charge is 0.506 e. The zero-order valence-electron chi connectivity index (χ0n) is 9.08. The summed E-state index contributed by atoms with van der Waals surface area (Å²) in [6.07, 6.45) is 0. The van der Waals surface area contributed by atoms with Gasteiger partial charge < -0.3 is 15.3 Å². The van der Waals surface area contributed by atoms with Gasteiger partial charge in [-0.2, -0.15) is 8.42 Å². The van der Waals surface area contributed by atoms with Gasteiger partial charge in [-0.05, 0) is 6.92 Å². The monoisotopic (exact) mass is 263 g/mol. The van der Waals surface area contributed by atoms with Gasteiger partial charge in [-0.25, -0.2) is 0 Å². The van der Waals surface area contributed by atoms with Gasteiger partial charge in [-0.3, -0.25) is 9.54 Å². The first-order chi connectivity index (χ1) is 7.80. The molecule has 0 aliphatic heterocycles. The summed E-state index contributed by atoms with van der Waals surface area (Å²) in [4.78, 5) is 3.78. The zero-order chi connectivity index (χ0) is 13.2. The van der Waals surface area contributed by atoms with Gasteiger partial charge in [0.2, 0.25) is 0 Å². The van der Waals surface area contributed by atoms with Crippen LogP contribution in [0.2, 0.25) is 0 Å². The average Bonchev–Trinajstić information content (AvgIpc) is 2.20. The van der Waals surface area contributed by atoms with Crippen LogP contribution in [0.5, 0.6) is 5.75 Å². The van der Waals surface area contributed by atoms with Crippen molar-refractivity contribution in [3.05, 3.63) is 22.5 Å². The van der Waals surface area contributed by atoms with E-state index in [1.54, 1.807) is 0 Å². The Balaban J connectivity index is 3.45. The number of aliphatic hydroxyl groups is 2. The molecule has 1 aromatic heterocycles. The molecular weight excluding hydrogens is 250 g/mol. The lowest BCUT2D eigenvalue weighted by Gasteiger charge is -2.13. The van der Waals surface area contributed by atoms with Gasteiger partial charge in [-0.1, -0.05) is 0 Å². The van der Waals surface area contributed by atoms with Crippen LogP contribution < -0.4 is 0 Å². The third-order valence-electron chi connectivity index (χ3n) is 2.28. The highest BCUT2D eigenvalue weighted by Crippen LogP contribution is 2.27. The standard InChI is InChI=1S/C9H13NO6S/c1-5-9(13)7(3-12)6(2-11)8(10-5)4-17(14,15)16/h11-13H,2-4H2,1H3,(H,14,15,16). The highest BCUT2D eigenvalue weighted by Gasteiger charge is 2.19. The summed E-state index contributed by atoms with van der Waals surface area (Å²) in [6, 6.07) is 0. The van der Waals surface area contributed by atoms with Crippen molar-refractivity contribution >= 4 is 10.1 Å². The molecule has 1 rings (SSSR count). The number of aromatic hydroxyl groups is 1. The third-order valence-corrected chi connectivity index (χ3v) is 2.92. The fraction of sp³-hybridized carbons (Fsp3) is 0.444. The van der Waals surface area contributed by atoms with E-state index < -0.39 is 29.1 Å². The molecule has 0 bridgehead atoms. The highest BCUT2D eigenvalue weighted by molar-refractivity contribution is 7.85. The molecule has 17 heavy (non-hydrogen) atoms. The van der Waals surface area contributed by atoms with Gasteiger partial charge in [0.05, 0.1) is 24.6 Å². The van der Waals surface area contributed by atoms with E-state index in [-0.39, 0.29) is 28.3 Å². The van der Waals surface area contributed by atoms with E-state index in [9.17, 15) is 13.5 Å². The number of aromatic nitrogens is 1. The van der Waals surface area contributed by atoms with Crippen molar-refractivity contribution in [3.63, 3.8) is 0 Å². The number of aliphatic hydroxyl groups excluding tert-OH is 2. The van der Waals surface area contributed by atoms with Crippen LogP contribution >= 0.6 is 0 Å². The van der Waals surface area contributed by atoms with Gasteiger partial charge in [0.15, 0.2) is 0 Å². The highest BCUT2D eigenvalue weighted by atomic mass is 32.2. The Labute approximate surface area is 98.1 Å². The summed E-state index contributed by atoms with van der Waals surface area (Å²) in [5, 5.41) is 27.8. The summed E-state index contributed by atoms with van der Waals surface area (Å²) < 4.78 is 30.3. The molecule has 96 valence electrons. The smallest absolute Gasteiger partial charge is 0.270 e. The average molecular weight is 263 g/mol. The predicted octanol–water partition coefficient (Wildman–Crippen LogP) is -0.532. The summed E-state index contributed by atoms with van der Waals surface area (Å²) in [5.41, 5.74) is 0.0473. The van der Waals surface area contributed by atoms with E-state index in [1.165, 1.54) is 6.92 Å². The molecule has 1 aromatic rings. The van der Waals surface area contributed by atoms with Gasteiger partial charge in [-0.15, -0.1) is 0 Å². The number of hydrogen-bond donors (Lipinski definition) is 4. The van der Waals surface area contributed by atoms with E-state index in [1.807, 2.05) is 0 Å². The molecule has 0 saturated heterocycles. The van der Waals surface area contributed by atoms with Gasteiger partial charge in [0.1, 0.15) is 11.5 Å². The second-order valence-corrected chi connectivity index (χ2v) is 4.94. The molecule has 0 atom stereocenters. The number of rotatable bonds is 4. The van der Waals surface area contributed by atoms with Crippen LogP contribution in [0.25, 0.3) is 0 Å². The fourth-order valence-corrected chi connectivity index (χ4v) is 2.09. The lowest BCUT2D eigenvalue weighted by Crippen LogP contribution is -2.11. The first-order valence-electron chi connectivity index (χ1n) is 4.67. The SMILES string of the molecule is Cc1nc(CS(=O)(=O)O)c(CO)c(CO)c1O. The normalized spacial score (nSPS) is 11.8. The Morgan fingerprint density at radius 1 is 1.18 bits per heavy atom. The lowest BCUT2D eigenvalue weighted by atomic mass is 10.1. The summed E-state index contributed by atoms with van der Waals surface area (Å²) in [5.74, 6) is -1.08. The molecule has 0 radical (unpaired) electrons. The molecule has 7 nitrogen and oxygen atoms in total. The van der Waals surface area contributed by atoms with Crippen LogP contribution in [0.1, 0.15) is 22.5 Å². The van der Waals surface area contributed by atoms with Gasteiger partial charge in [0.25, 0.3) is 10.1 Å². The molecule has 0 fully saturated rings. The zero-order valence-corrected chi connectivity index (χ0v) is 9.90. The van der Waals surface area contributed by atoms with Crippen molar-refractivity contribution in [2.24, 2.45) is 0 Å². The maximum atomic E-state index is 10.8. The minimum Gasteiger partial charge on any atom is -0.506 e. The molecule has 1 heterocycles. The van der Waals surface area contributed by atoms with Crippen molar-refractivity contribution in [2.45, 2.75) is 25.9 Å². The maximum absolute atomic E-state index is 10.8. The predicted molar refractivity (Wildman–Crippen MR) is 57.7 cm³/mol. The van der Waals surface area contributed by atoms with Crippen LogP contribution in [-0.2, 0) is 29.1 Å². The fourth-order valence-electron chi connectivity index (χ4n) is 1.51. The first kappa shape index (κ1) is 13.8. The maximum Gasteiger partial charge on any atom is 0.270 e. The second-order valence-electron chi connectivity index (χ2n) is 3.49. The van der Waals surface area contributed by atoms with Crippen molar-refractivity contribution in [3.8, 4) is 5.75 Å². The van der Waals surface area contributed by atoms with E-state index in [2.05, 4.69) is 4.98 Å². The molecular formula is C9H13NO6S. The molecule has 0 aliphatic carbocycles. The minimum atomic E-state index is -4.30. The van der Waals surface area contributed by atoms with Crippen molar-refractivity contribution < 1.29 is 28.3 Å². The molecule has 0 spiro atoms. The molecule has 0 amide bonds. The Hall–Kier alpha value is -1.22. The van der Waals surface area contributed by atoms with Crippen molar-refractivity contribution in [1.29, 1.82) is 0 Å². The molecule has 0 unspecified atom stereocenters. The van der Waals surface area contributed by atoms with E-state index in [0.717, 1.165) is 0 Å². The number of nitrogens with zero attached hydrogens (tertiary/aromatic N) is 1. The quantitative estimate of drug-likeness (QED) is 0.537. The summed E-state index contributed by atoms with van der Waals surface area (Å²) in [7, 11) is -4.30. The van der Waals surface area contributed by atoms with Gasteiger partial charge in [0, 0.05) is 11.1 Å². The summed E-state index contributed by atoms with van der Waals surface area (Å²) in [6.45, 7) is 0.258. The number of pyridine rings is 1. The summed E-state index contributed by atoms with van der Waals surface area (Å²) >= 11 is 0. The molecule has 0 aliphatic rings. The van der Waals surface area contributed by atoms with Crippen LogP contribution in [0.15, 0.2) is 0 Å².